The van der Waals surface area contributed by atoms with Crippen molar-refractivity contribution in [2.75, 3.05) is 6.54 Å². The van der Waals surface area contributed by atoms with Gasteiger partial charge in [0.2, 0.25) is 5.91 Å². The van der Waals surface area contributed by atoms with E-state index in [2.05, 4.69) is 36.5 Å². The highest BCUT2D eigenvalue weighted by Gasteiger charge is 2.04. The molecule has 2 rings (SSSR count). The second kappa shape index (κ2) is 8.60. The minimum absolute atomic E-state index is 0.0872. The van der Waals surface area contributed by atoms with Gasteiger partial charge in [0.15, 0.2) is 0 Å². The van der Waals surface area contributed by atoms with E-state index in [0.29, 0.717) is 12.8 Å². The molecule has 0 aliphatic carbocycles. The zero-order valence-corrected chi connectivity index (χ0v) is 13.7. The first-order valence-corrected chi connectivity index (χ1v) is 8.08. The minimum atomic E-state index is 0.0872. The molecular formula is C19H22ClNO. The van der Waals surface area contributed by atoms with Crippen LogP contribution in [0.2, 0.25) is 5.02 Å². The summed E-state index contributed by atoms with van der Waals surface area (Å²) in [7, 11) is 0. The van der Waals surface area contributed by atoms with Crippen LogP contribution in [0.1, 0.15) is 29.5 Å². The molecule has 0 aromatic heterocycles. The van der Waals surface area contributed by atoms with E-state index >= 15 is 0 Å². The molecule has 2 aromatic rings. The average molecular weight is 316 g/mol. The van der Waals surface area contributed by atoms with E-state index in [1.54, 1.807) is 0 Å². The lowest BCUT2D eigenvalue weighted by atomic mass is 10.1. The van der Waals surface area contributed by atoms with Gasteiger partial charge in [0.05, 0.1) is 0 Å². The van der Waals surface area contributed by atoms with Crippen LogP contribution in [0.15, 0.2) is 48.5 Å². The number of hydrogen-bond acceptors (Lipinski definition) is 1. The van der Waals surface area contributed by atoms with Crippen molar-refractivity contribution < 1.29 is 4.79 Å². The standard InChI is InChI=1S/C19H22ClNO/c1-15-6-4-7-16(14-15)8-5-13-21-19(22)12-11-17-9-2-3-10-18(17)20/h2-4,6-7,9-10,14H,5,8,11-13H2,1H3,(H,21,22). The predicted octanol–water partition coefficient (Wildman–Crippen LogP) is 4.33. The Morgan fingerprint density at radius 1 is 1.09 bits per heavy atom. The van der Waals surface area contributed by atoms with Crippen molar-refractivity contribution in [2.45, 2.75) is 32.6 Å². The van der Waals surface area contributed by atoms with Crippen molar-refractivity contribution >= 4 is 17.5 Å². The van der Waals surface area contributed by atoms with Crippen LogP contribution >= 0.6 is 11.6 Å². The maximum absolute atomic E-state index is 11.8. The van der Waals surface area contributed by atoms with Crippen molar-refractivity contribution in [1.82, 2.24) is 5.32 Å². The predicted molar refractivity (Wildman–Crippen MR) is 92.3 cm³/mol. The summed E-state index contributed by atoms with van der Waals surface area (Å²) in [6.45, 7) is 2.81. The zero-order valence-electron chi connectivity index (χ0n) is 12.9. The summed E-state index contributed by atoms with van der Waals surface area (Å²) < 4.78 is 0. The Hall–Kier alpha value is -1.80. The van der Waals surface area contributed by atoms with Crippen molar-refractivity contribution in [3.63, 3.8) is 0 Å². The van der Waals surface area contributed by atoms with Crippen LogP contribution in [0, 0.1) is 6.92 Å². The molecular weight excluding hydrogens is 294 g/mol. The molecule has 0 bridgehead atoms. The highest BCUT2D eigenvalue weighted by Crippen LogP contribution is 2.16. The summed E-state index contributed by atoms with van der Waals surface area (Å²) >= 11 is 6.08. The Morgan fingerprint density at radius 2 is 1.91 bits per heavy atom. The van der Waals surface area contributed by atoms with E-state index in [1.165, 1.54) is 11.1 Å². The number of hydrogen-bond donors (Lipinski definition) is 1. The van der Waals surface area contributed by atoms with Crippen LogP contribution in [0.3, 0.4) is 0 Å². The van der Waals surface area contributed by atoms with Crippen molar-refractivity contribution in [2.24, 2.45) is 0 Å². The minimum Gasteiger partial charge on any atom is -0.356 e. The topological polar surface area (TPSA) is 29.1 Å². The molecule has 116 valence electrons. The lowest BCUT2D eigenvalue weighted by Gasteiger charge is -2.07. The molecule has 22 heavy (non-hydrogen) atoms. The summed E-state index contributed by atoms with van der Waals surface area (Å²) in [4.78, 5) is 11.8. The zero-order chi connectivity index (χ0) is 15.8. The molecule has 0 fully saturated rings. The van der Waals surface area contributed by atoms with Gasteiger partial charge in [0, 0.05) is 18.0 Å². The van der Waals surface area contributed by atoms with Crippen molar-refractivity contribution in [1.29, 1.82) is 0 Å². The van der Waals surface area contributed by atoms with Crippen molar-refractivity contribution in [3.8, 4) is 0 Å². The number of carbonyl (C=O) groups excluding carboxylic acids is 1. The fourth-order valence-corrected chi connectivity index (χ4v) is 2.66. The van der Waals surface area contributed by atoms with Gasteiger partial charge in [-0.15, -0.1) is 0 Å². The fraction of sp³-hybridized carbons (Fsp3) is 0.316. The van der Waals surface area contributed by atoms with Crippen LogP contribution in [0.5, 0.6) is 0 Å². The second-order valence-corrected chi connectivity index (χ2v) is 5.94. The van der Waals surface area contributed by atoms with Crippen LogP contribution in [-0.4, -0.2) is 12.5 Å². The van der Waals surface area contributed by atoms with Gasteiger partial charge < -0.3 is 5.32 Å². The molecule has 3 heteroatoms. The van der Waals surface area contributed by atoms with Gasteiger partial charge in [-0.05, 0) is 43.4 Å². The SMILES string of the molecule is Cc1cccc(CCCNC(=O)CCc2ccccc2Cl)c1. The maximum Gasteiger partial charge on any atom is 0.220 e. The maximum atomic E-state index is 11.8. The lowest BCUT2D eigenvalue weighted by molar-refractivity contribution is -0.121. The second-order valence-electron chi connectivity index (χ2n) is 5.53. The molecule has 0 unspecified atom stereocenters. The smallest absolute Gasteiger partial charge is 0.220 e. The molecule has 0 saturated heterocycles. The quantitative estimate of drug-likeness (QED) is 0.757. The van der Waals surface area contributed by atoms with E-state index in [0.717, 1.165) is 30.0 Å². The third-order valence-corrected chi connectivity index (χ3v) is 3.99. The van der Waals surface area contributed by atoms with E-state index in [4.69, 9.17) is 11.6 Å². The average Bonchev–Trinajstić information content (AvgIpc) is 2.51. The number of nitrogens with one attached hydrogen (secondary N) is 1. The fourth-order valence-electron chi connectivity index (χ4n) is 2.43. The number of halogens is 1. The molecule has 0 spiro atoms. The first-order valence-electron chi connectivity index (χ1n) is 7.71. The molecule has 0 radical (unpaired) electrons. The van der Waals surface area contributed by atoms with E-state index < -0.39 is 0 Å². The molecule has 0 saturated carbocycles. The first-order chi connectivity index (χ1) is 10.6. The molecule has 0 atom stereocenters. The molecule has 1 N–H and O–H groups in total. The Morgan fingerprint density at radius 3 is 2.68 bits per heavy atom. The van der Waals surface area contributed by atoms with Gasteiger partial charge in [-0.2, -0.15) is 0 Å². The summed E-state index contributed by atoms with van der Waals surface area (Å²) in [5.74, 6) is 0.0872. The Kier molecular flexibility index (Phi) is 6.47. The molecule has 2 nitrogen and oxygen atoms in total. The molecule has 0 aliphatic rings. The van der Waals surface area contributed by atoms with Gasteiger partial charge in [-0.3, -0.25) is 4.79 Å². The summed E-state index contributed by atoms with van der Waals surface area (Å²) in [6, 6.07) is 16.2. The number of aryl methyl sites for hydroxylation is 3. The first kappa shape index (κ1) is 16.6. The summed E-state index contributed by atoms with van der Waals surface area (Å²) in [6.07, 6.45) is 3.12. The molecule has 0 heterocycles. The van der Waals surface area contributed by atoms with E-state index in [1.807, 2.05) is 24.3 Å². The monoisotopic (exact) mass is 315 g/mol. The molecule has 1 amide bonds. The number of carbonyl (C=O) groups is 1. The number of amides is 1. The Labute approximate surface area is 137 Å². The Bertz CT molecular complexity index is 624. The highest BCUT2D eigenvalue weighted by atomic mass is 35.5. The number of benzene rings is 2. The lowest BCUT2D eigenvalue weighted by Crippen LogP contribution is -2.25. The highest BCUT2D eigenvalue weighted by molar-refractivity contribution is 6.31. The van der Waals surface area contributed by atoms with Crippen LogP contribution in [0.4, 0.5) is 0 Å². The van der Waals surface area contributed by atoms with E-state index in [9.17, 15) is 4.79 Å². The number of rotatable bonds is 7. The molecule has 0 aliphatic heterocycles. The normalized spacial score (nSPS) is 10.5. The summed E-state index contributed by atoms with van der Waals surface area (Å²) in [5, 5.41) is 3.71. The van der Waals surface area contributed by atoms with Gasteiger partial charge in [-0.25, -0.2) is 0 Å². The molecule has 2 aromatic carbocycles. The third kappa shape index (κ3) is 5.53. The van der Waals surface area contributed by atoms with Crippen LogP contribution in [-0.2, 0) is 17.6 Å². The van der Waals surface area contributed by atoms with Gasteiger partial charge in [-0.1, -0.05) is 59.6 Å². The van der Waals surface area contributed by atoms with Gasteiger partial charge in [0.25, 0.3) is 0 Å². The van der Waals surface area contributed by atoms with Crippen LogP contribution < -0.4 is 5.32 Å². The van der Waals surface area contributed by atoms with E-state index in [-0.39, 0.29) is 5.91 Å². The summed E-state index contributed by atoms with van der Waals surface area (Å²) in [5.41, 5.74) is 3.63. The van der Waals surface area contributed by atoms with Gasteiger partial charge >= 0.3 is 0 Å². The van der Waals surface area contributed by atoms with Crippen molar-refractivity contribution in [3.05, 3.63) is 70.2 Å². The Balaban J connectivity index is 1.65. The third-order valence-electron chi connectivity index (χ3n) is 3.63. The van der Waals surface area contributed by atoms with Crippen LogP contribution in [0.25, 0.3) is 0 Å². The largest absolute Gasteiger partial charge is 0.356 e. The van der Waals surface area contributed by atoms with Gasteiger partial charge in [0.1, 0.15) is 0 Å².